The molecule has 2 aromatic rings. The highest BCUT2D eigenvalue weighted by molar-refractivity contribution is 5.91. The van der Waals surface area contributed by atoms with Gasteiger partial charge in [0.1, 0.15) is 18.1 Å². The topological polar surface area (TPSA) is 51.5 Å². The molecule has 1 aromatic heterocycles. The van der Waals surface area contributed by atoms with Gasteiger partial charge in [0.15, 0.2) is 5.76 Å². The van der Waals surface area contributed by atoms with E-state index in [1.165, 1.54) is 0 Å². The van der Waals surface area contributed by atoms with Gasteiger partial charge < -0.3 is 14.5 Å². The molecule has 0 aliphatic heterocycles. The van der Waals surface area contributed by atoms with Crippen LogP contribution in [0.4, 0.5) is 0 Å². The summed E-state index contributed by atoms with van der Waals surface area (Å²) in [6.45, 7) is 8.29. The van der Waals surface area contributed by atoms with Crippen LogP contribution < -0.4 is 10.1 Å². The molecule has 110 valence electrons. The third-order valence-electron chi connectivity index (χ3n) is 2.87. The predicted molar refractivity (Wildman–Crippen MR) is 81.5 cm³/mol. The first kappa shape index (κ1) is 14.9. The van der Waals surface area contributed by atoms with E-state index in [4.69, 9.17) is 9.15 Å². The molecular weight excluding hydrogens is 266 g/mol. The van der Waals surface area contributed by atoms with E-state index >= 15 is 0 Å². The van der Waals surface area contributed by atoms with Crippen molar-refractivity contribution in [1.29, 1.82) is 0 Å². The molecule has 0 saturated heterocycles. The van der Waals surface area contributed by atoms with Gasteiger partial charge in [-0.1, -0.05) is 12.1 Å². The largest absolute Gasteiger partial charge is 0.486 e. The van der Waals surface area contributed by atoms with Crippen LogP contribution in [0.5, 0.6) is 5.75 Å². The summed E-state index contributed by atoms with van der Waals surface area (Å²) in [5, 5.41) is 2.66. The molecule has 0 atom stereocenters. The minimum atomic E-state index is -0.257. The van der Waals surface area contributed by atoms with Crippen LogP contribution >= 0.6 is 0 Å². The Labute approximate surface area is 124 Å². The smallest absolute Gasteiger partial charge is 0.287 e. The third-order valence-corrected chi connectivity index (χ3v) is 2.87. The Kier molecular flexibility index (Phi) is 4.82. The SMILES string of the molecule is C=CCNC(=O)c1ccc(COc2cc(C)cc(C)c2)o1. The summed E-state index contributed by atoms with van der Waals surface area (Å²) in [6, 6.07) is 9.40. The highest BCUT2D eigenvalue weighted by Crippen LogP contribution is 2.18. The number of carbonyl (C=O) groups is 1. The lowest BCUT2D eigenvalue weighted by atomic mass is 10.1. The van der Waals surface area contributed by atoms with Gasteiger partial charge in [0.2, 0.25) is 0 Å². The maximum Gasteiger partial charge on any atom is 0.287 e. The quantitative estimate of drug-likeness (QED) is 0.828. The van der Waals surface area contributed by atoms with Gasteiger partial charge in [-0.05, 0) is 49.2 Å². The Hall–Kier alpha value is -2.49. The van der Waals surface area contributed by atoms with E-state index in [0.717, 1.165) is 16.9 Å². The average Bonchev–Trinajstić information content (AvgIpc) is 2.90. The van der Waals surface area contributed by atoms with Gasteiger partial charge in [0.05, 0.1) is 0 Å². The number of amides is 1. The number of nitrogens with one attached hydrogen (secondary N) is 1. The van der Waals surface area contributed by atoms with Gasteiger partial charge in [-0.15, -0.1) is 6.58 Å². The molecule has 0 aliphatic carbocycles. The fourth-order valence-corrected chi connectivity index (χ4v) is 2.00. The number of carbonyl (C=O) groups excluding carboxylic acids is 1. The summed E-state index contributed by atoms with van der Waals surface area (Å²) in [7, 11) is 0. The lowest BCUT2D eigenvalue weighted by Gasteiger charge is -2.06. The predicted octanol–water partition coefficient (Wildman–Crippen LogP) is 3.39. The second-order valence-electron chi connectivity index (χ2n) is 4.88. The highest BCUT2D eigenvalue weighted by atomic mass is 16.5. The first-order chi connectivity index (χ1) is 10.1. The zero-order chi connectivity index (χ0) is 15.2. The van der Waals surface area contributed by atoms with Crippen molar-refractivity contribution in [3.63, 3.8) is 0 Å². The molecule has 1 N–H and O–H groups in total. The van der Waals surface area contributed by atoms with E-state index in [2.05, 4.69) is 18.0 Å². The van der Waals surface area contributed by atoms with Crippen molar-refractivity contribution in [2.45, 2.75) is 20.5 Å². The summed E-state index contributed by atoms with van der Waals surface area (Å²) >= 11 is 0. The molecule has 4 heteroatoms. The van der Waals surface area contributed by atoms with Crippen LogP contribution in [0.25, 0.3) is 0 Å². The summed E-state index contributed by atoms with van der Waals surface area (Å²) in [4.78, 5) is 11.7. The first-order valence-electron chi connectivity index (χ1n) is 6.77. The number of rotatable bonds is 6. The molecule has 0 unspecified atom stereocenters. The zero-order valence-electron chi connectivity index (χ0n) is 12.3. The highest BCUT2D eigenvalue weighted by Gasteiger charge is 2.10. The number of aryl methyl sites for hydroxylation is 2. The second-order valence-corrected chi connectivity index (χ2v) is 4.88. The molecule has 0 aliphatic rings. The monoisotopic (exact) mass is 285 g/mol. The van der Waals surface area contributed by atoms with Crippen molar-refractivity contribution in [3.8, 4) is 5.75 Å². The van der Waals surface area contributed by atoms with Crippen LogP contribution in [0.1, 0.15) is 27.4 Å². The number of furan rings is 1. The molecule has 0 spiro atoms. The van der Waals surface area contributed by atoms with Crippen molar-refractivity contribution in [2.75, 3.05) is 6.54 Å². The first-order valence-corrected chi connectivity index (χ1v) is 6.77. The maximum atomic E-state index is 11.7. The van der Waals surface area contributed by atoms with Crippen LogP contribution in [0.2, 0.25) is 0 Å². The molecular formula is C17H19NO3. The second kappa shape index (κ2) is 6.79. The molecule has 4 nitrogen and oxygen atoms in total. The standard InChI is InChI=1S/C17H19NO3/c1-4-7-18-17(19)16-6-5-14(21-16)11-20-15-9-12(2)8-13(3)10-15/h4-6,8-10H,1,7,11H2,2-3H3,(H,18,19). The zero-order valence-corrected chi connectivity index (χ0v) is 12.3. The minimum Gasteiger partial charge on any atom is -0.486 e. The fraction of sp³-hybridized carbons (Fsp3) is 0.235. The summed E-state index contributed by atoms with van der Waals surface area (Å²) in [5.74, 6) is 1.42. The maximum absolute atomic E-state index is 11.7. The van der Waals surface area contributed by atoms with Crippen molar-refractivity contribution >= 4 is 5.91 Å². The summed E-state index contributed by atoms with van der Waals surface area (Å²) < 4.78 is 11.1. The molecule has 0 saturated carbocycles. The van der Waals surface area contributed by atoms with Crippen LogP contribution in [0, 0.1) is 13.8 Å². The van der Waals surface area contributed by atoms with Gasteiger partial charge in [0, 0.05) is 6.54 Å². The lowest BCUT2D eigenvalue weighted by Crippen LogP contribution is -2.22. The normalized spacial score (nSPS) is 10.2. The van der Waals surface area contributed by atoms with Gasteiger partial charge in [-0.2, -0.15) is 0 Å². The Morgan fingerprint density at radius 1 is 1.29 bits per heavy atom. The van der Waals surface area contributed by atoms with Crippen LogP contribution in [-0.2, 0) is 6.61 Å². The number of benzene rings is 1. The third kappa shape index (κ3) is 4.24. The van der Waals surface area contributed by atoms with Gasteiger partial charge in [0.25, 0.3) is 5.91 Å². The van der Waals surface area contributed by atoms with Gasteiger partial charge in [-0.25, -0.2) is 0 Å². The van der Waals surface area contributed by atoms with Crippen molar-refractivity contribution in [1.82, 2.24) is 5.32 Å². The van der Waals surface area contributed by atoms with Crippen LogP contribution in [-0.4, -0.2) is 12.5 Å². The molecule has 0 fully saturated rings. The van der Waals surface area contributed by atoms with Gasteiger partial charge >= 0.3 is 0 Å². The minimum absolute atomic E-state index is 0.257. The average molecular weight is 285 g/mol. The van der Waals surface area contributed by atoms with E-state index < -0.39 is 0 Å². The molecule has 0 radical (unpaired) electrons. The summed E-state index contributed by atoms with van der Waals surface area (Å²) in [5.41, 5.74) is 2.29. The number of hydrogen-bond acceptors (Lipinski definition) is 3. The summed E-state index contributed by atoms with van der Waals surface area (Å²) in [6.07, 6.45) is 1.62. The Morgan fingerprint density at radius 2 is 2.00 bits per heavy atom. The van der Waals surface area contributed by atoms with Gasteiger partial charge in [-0.3, -0.25) is 4.79 Å². The van der Waals surface area contributed by atoms with E-state index in [9.17, 15) is 4.79 Å². The molecule has 0 bridgehead atoms. The van der Waals surface area contributed by atoms with Crippen molar-refractivity contribution in [2.24, 2.45) is 0 Å². The molecule has 1 heterocycles. The Morgan fingerprint density at radius 3 is 2.67 bits per heavy atom. The van der Waals surface area contributed by atoms with Crippen molar-refractivity contribution < 1.29 is 13.9 Å². The number of ether oxygens (including phenoxy) is 1. The number of hydrogen-bond donors (Lipinski definition) is 1. The van der Waals surface area contributed by atoms with Crippen molar-refractivity contribution in [3.05, 3.63) is 65.6 Å². The van der Waals surface area contributed by atoms with Crippen LogP contribution in [0.3, 0.4) is 0 Å². The Balaban J connectivity index is 1.96. The molecule has 1 amide bonds. The fourth-order valence-electron chi connectivity index (χ4n) is 2.00. The van der Waals surface area contributed by atoms with E-state index in [-0.39, 0.29) is 18.3 Å². The lowest BCUT2D eigenvalue weighted by molar-refractivity contribution is 0.0926. The van der Waals surface area contributed by atoms with E-state index in [1.807, 2.05) is 26.0 Å². The van der Waals surface area contributed by atoms with E-state index in [1.54, 1.807) is 18.2 Å². The molecule has 2 rings (SSSR count). The van der Waals surface area contributed by atoms with E-state index in [0.29, 0.717) is 12.3 Å². The Bertz CT molecular complexity index is 623. The van der Waals surface area contributed by atoms with Crippen LogP contribution in [0.15, 0.2) is 47.4 Å². The molecule has 1 aromatic carbocycles. The molecule has 21 heavy (non-hydrogen) atoms.